The lowest BCUT2D eigenvalue weighted by Crippen LogP contribution is -2.41. The van der Waals surface area contributed by atoms with Crippen molar-refractivity contribution in [3.8, 4) is 0 Å². The quantitative estimate of drug-likeness (QED) is 0.766. The molecule has 1 aliphatic carbocycles. The first-order valence-corrected chi connectivity index (χ1v) is 6.97. The number of aliphatic carboxylic acids is 1. The van der Waals surface area contributed by atoms with Crippen molar-refractivity contribution in [1.29, 1.82) is 0 Å². The second-order valence-corrected chi connectivity index (χ2v) is 5.67. The van der Waals surface area contributed by atoms with Crippen LogP contribution in [0, 0.1) is 17.8 Å². The molecular weight excluding hydrogens is 230 g/mol. The van der Waals surface area contributed by atoms with Crippen molar-refractivity contribution in [2.75, 3.05) is 0 Å². The van der Waals surface area contributed by atoms with E-state index < -0.39 is 11.9 Å². The summed E-state index contributed by atoms with van der Waals surface area (Å²) in [5, 5.41) is 12.0. The zero-order valence-electron chi connectivity index (χ0n) is 11.6. The number of hydrogen-bond acceptors (Lipinski definition) is 2. The molecule has 1 fully saturated rings. The predicted octanol–water partition coefficient (Wildman–Crippen LogP) is 2.43. The van der Waals surface area contributed by atoms with E-state index in [0.29, 0.717) is 24.7 Å². The molecule has 0 aromatic heterocycles. The van der Waals surface area contributed by atoms with Gasteiger partial charge in [0.15, 0.2) is 0 Å². The maximum Gasteiger partial charge on any atom is 0.308 e. The number of carboxylic acids is 1. The van der Waals surface area contributed by atoms with E-state index in [0.717, 1.165) is 19.3 Å². The van der Waals surface area contributed by atoms with Gasteiger partial charge in [0.05, 0.1) is 5.92 Å². The van der Waals surface area contributed by atoms with Gasteiger partial charge in [-0.3, -0.25) is 9.59 Å². The Kier molecular flexibility index (Phi) is 5.63. The molecule has 0 radical (unpaired) electrons. The van der Waals surface area contributed by atoms with E-state index in [1.165, 1.54) is 0 Å². The summed E-state index contributed by atoms with van der Waals surface area (Å²) in [5.74, 6) is -0.301. The highest BCUT2D eigenvalue weighted by atomic mass is 16.4. The Bertz CT molecular complexity index is 301. The van der Waals surface area contributed by atoms with Crippen LogP contribution in [0.4, 0.5) is 0 Å². The number of carboxylic acid groups (broad SMARTS) is 1. The van der Waals surface area contributed by atoms with Crippen molar-refractivity contribution < 1.29 is 14.7 Å². The molecule has 104 valence electrons. The van der Waals surface area contributed by atoms with Gasteiger partial charge >= 0.3 is 5.97 Å². The first-order chi connectivity index (χ1) is 8.45. The zero-order valence-corrected chi connectivity index (χ0v) is 11.6. The van der Waals surface area contributed by atoms with Gasteiger partial charge in [-0.25, -0.2) is 0 Å². The molecule has 1 saturated carbocycles. The Morgan fingerprint density at radius 1 is 1.33 bits per heavy atom. The normalized spacial score (nSPS) is 25.1. The van der Waals surface area contributed by atoms with Crippen molar-refractivity contribution in [2.45, 2.75) is 58.9 Å². The van der Waals surface area contributed by atoms with Crippen LogP contribution >= 0.6 is 0 Å². The highest BCUT2D eigenvalue weighted by Crippen LogP contribution is 2.26. The van der Waals surface area contributed by atoms with Crippen molar-refractivity contribution >= 4 is 11.9 Å². The lowest BCUT2D eigenvalue weighted by molar-refractivity contribution is -0.142. The molecule has 0 aromatic rings. The molecule has 3 atom stereocenters. The molecule has 18 heavy (non-hydrogen) atoms. The lowest BCUT2D eigenvalue weighted by atomic mass is 9.89. The highest BCUT2D eigenvalue weighted by Gasteiger charge is 2.34. The van der Waals surface area contributed by atoms with Crippen LogP contribution in [0.2, 0.25) is 0 Å². The van der Waals surface area contributed by atoms with Crippen LogP contribution in [0.1, 0.15) is 52.9 Å². The van der Waals surface area contributed by atoms with Gasteiger partial charge in [-0.1, -0.05) is 33.6 Å². The highest BCUT2D eigenvalue weighted by molar-refractivity contribution is 5.78. The van der Waals surface area contributed by atoms with Gasteiger partial charge in [0.2, 0.25) is 5.91 Å². The molecule has 0 heterocycles. The summed E-state index contributed by atoms with van der Waals surface area (Å²) >= 11 is 0. The summed E-state index contributed by atoms with van der Waals surface area (Å²) in [7, 11) is 0. The molecule has 1 rings (SSSR count). The topological polar surface area (TPSA) is 66.4 Å². The van der Waals surface area contributed by atoms with Gasteiger partial charge in [-0.2, -0.15) is 0 Å². The first-order valence-electron chi connectivity index (χ1n) is 6.97. The fraction of sp³-hybridized carbons (Fsp3) is 0.857. The van der Waals surface area contributed by atoms with Crippen LogP contribution in [0.5, 0.6) is 0 Å². The Morgan fingerprint density at radius 3 is 2.50 bits per heavy atom. The van der Waals surface area contributed by atoms with Gasteiger partial charge in [0.1, 0.15) is 0 Å². The van der Waals surface area contributed by atoms with Gasteiger partial charge in [-0.05, 0) is 24.7 Å². The summed E-state index contributed by atoms with van der Waals surface area (Å²) in [6, 6.07) is -0.167. The van der Waals surface area contributed by atoms with E-state index in [-0.39, 0.29) is 11.9 Å². The fourth-order valence-electron chi connectivity index (χ4n) is 2.78. The Morgan fingerprint density at radius 2 is 2.00 bits per heavy atom. The molecule has 4 nitrogen and oxygen atoms in total. The lowest BCUT2D eigenvalue weighted by Gasteiger charge is -2.22. The second kappa shape index (κ2) is 6.76. The second-order valence-electron chi connectivity index (χ2n) is 5.67. The molecule has 1 unspecified atom stereocenters. The maximum absolute atomic E-state index is 11.9. The van der Waals surface area contributed by atoms with Crippen LogP contribution < -0.4 is 5.32 Å². The third-order valence-corrected chi connectivity index (χ3v) is 4.09. The van der Waals surface area contributed by atoms with Crippen molar-refractivity contribution in [3.05, 3.63) is 0 Å². The summed E-state index contributed by atoms with van der Waals surface area (Å²) in [5.41, 5.74) is 0. The molecule has 1 aliphatic rings. The number of amides is 1. The van der Waals surface area contributed by atoms with E-state index in [9.17, 15) is 9.59 Å². The zero-order chi connectivity index (χ0) is 13.7. The standard InChI is InChI=1S/C14H25NO3/c1-4-10(9(2)3)8-13(16)15-12-7-5-6-11(12)14(17)18/h9-12H,4-8H2,1-3H3,(H,15,16)(H,17,18)/t10?,11-,12+/m0/s1. The molecule has 0 aromatic carbocycles. The monoisotopic (exact) mass is 255 g/mol. The van der Waals surface area contributed by atoms with Gasteiger partial charge in [0.25, 0.3) is 0 Å². The summed E-state index contributed by atoms with van der Waals surface area (Å²) < 4.78 is 0. The fourth-order valence-corrected chi connectivity index (χ4v) is 2.78. The number of carbonyl (C=O) groups is 2. The van der Waals surface area contributed by atoms with E-state index in [2.05, 4.69) is 26.1 Å². The van der Waals surface area contributed by atoms with E-state index in [4.69, 9.17) is 5.11 Å². The van der Waals surface area contributed by atoms with Crippen LogP contribution in [0.3, 0.4) is 0 Å². The average molecular weight is 255 g/mol. The van der Waals surface area contributed by atoms with Crippen LogP contribution in [-0.4, -0.2) is 23.0 Å². The van der Waals surface area contributed by atoms with Crippen LogP contribution in [0.15, 0.2) is 0 Å². The largest absolute Gasteiger partial charge is 0.481 e. The van der Waals surface area contributed by atoms with E-state index in [1.54, 1.807) is 0 Å². The molecule has 0 spiro atoms. The Balaban J connectivity index is 2.46. The van der Waals surface area contributed by atoms with Gasteiger partial charge in [0, 0.05) is 12.5 Å². The number of carbonyl (C=O) groups excluding carboxylic acids is 1. The SMILES string of the molecule is CCC(CC(=O)N[C@@H]1CCC[C@@H]1C(=O)O)C(C)C. The molecule has 0 bridgehead atoms. The van der Waals surface area contributed by atoms with Gasteiger partial charge < -0.3 is 10.4 Å². The average Bonchev–Trinajstić information content (AvgIpc) is 2.73. The summed E-state index contributed by atoms with van der Waals surface area (Å²) in [4.78, 5) is 23.0. The third-order valence-electron chi connectivity index (χ3n) is 4.09. The van der Waals surface area contributed by atoms with Crippen molar-refractivity contribution in [1.82, 2.24) is 5.32 Å². The maximum atomic E-state index is 11.9. The third kappa shape index (κ3) is 4.00. The molecule has 4 heteroatoms. The van der Waals surface area contributed by atoms with Crippen LogP contribution in [-0.2, 0) is 9.59 Å². The first kappa shape index (κ1) is 15.0. The minimum absolute atomic E-state index is 0.00806. The Hall–Kier alpha value is -1.06. The molecule has 2 N–H and O–H groups in total. The summed E-state index contributed by atoms with van der Waals surface area (Å²) in [6.45, 7) is 6.34. The summed E-state index contributed by atoms with van der Waals surface area (Å²) in [6.07, 6.45) is 3.86. The minimum Gasteiger partial charge on any atom is -0.481 e. The smallest absolute Gasteiger partial charge is 0.308 e. The molecule has 0 saturated heterocycles. The molecule has 1 amide bonds. The van der Waals surface area contributed by atoms with Crippen molar-refractivity contribution in [2.24, 2.45) is 17.8 Å². The van der Waals surface area contributed by atoms with Gasteiger partial charge in [-0.15, -0.1) is 0 Å². The van der Waals surface area contributed by atoms with Crippen molar-refractivity contribution in [3.63, 3.8) is 0 Å². The Labute approximate surface area is 109 Å². The molecular formula is C14H25NO3. The van der Waals surface area contributed by atoms with E-state index in [1.807, 2.05) is 0 Å². The number of hydrogen-bond donors (Lipinski definition) is 2. The number of rotatable bonds is 6. The number of nitrogens with one attached hydrogen (secondary N) is 1. The van der Waals surface area contributed by atoms with E-state index >= 15 is 0 Å². The minimum atomic E-state index is -0.784. The predicted molar refractivity (Wildman–Crippen MR) is 70.1 cm³/mol. The molecule has 0 aliphatic heterocycles. The van der Waals surface area contributed by atoms with Crippen LogP contribution in [0.25, 0.3) is 0 Å².